The highest BCUT2D eigenvalue weighted by atomic mass is 16.4. The molecule has 2 heteroatoms. The van der Waals surface area contributed by atoms with Gasteiger partial charge >= 0.3 is 5.97 Å². The molecule has 0 aromatic rings. The smallest absolute Gasteiger partial charge is 0.303 e. The first kappa shape index (κ1) is 11.5. The van der Waals surface area contributed by atoms with Gasteiger partial charge < -0.3 is 5.11 Å². The molecule has 0 bridgehead atoms. The van der Waals surface area contributed by atoms with E-state index in [-0.39, 0.29) is 0 Å². The van der Waals surface area contributed by atoms with Gasteiger partial charge in [0.1, 0.15) is 0 Å². The van der Waals surface area contributed by atoms with Crippen molar-refractivity contribution in [2.24, 2.45) is 5.92 Å². The van der Waals surface area contributed by atoms with E-state index in [0.29, 0.717) is 12.3 Å². The molecule has 0 radical (unpaired) electrons. The van der Waals surface area contributed by atoms with E-state index in [1.807, 2.05) is 0 Å². The van der Waals surface area contributed by atoms with E-state index in [4.69, 9.17) is 5.11 Å². The summed E-state index contributed by atoms with van der Waals surface area (Å²) in [7, 11) is 0. The first-order valence-corrected chi connectivity index (χ1v) is 6.01. The fraction of sp³-hybridized carbons (Fsp3) is 0.917. The van der Waals surface area contributed by atoms with Crippen molar-refractivity contribution in [3.05, 3.63) is 0 Å². The Morgan fingerprint density at radius 1 is 1.00 bits per heavy atom. The second kappa shape index (κ2) is 6.86. The zero-order valence-electron chi connectivity index (χ0n) is 9.00. The SMILES string of the molecule is O=C(O)CCC1CCCCCCCC1. The van der Waals surface area contributed by atoms with Crippen LogP contribution in [0.3, 0.4) is 0 Å². The second-order valence-electron chi connectivity index (χ2n) is 4.50. The zero-order valence-corrected chi connectivity index (χ0v) is 9.00. The fourth-order valence-electron chi connectivity index (χ4n) is 2.33. The minimum atomic E-state index is -0.634. The lowest BCUT2D eigenvalue weighted by molar-refractivity contribution is -0.137. The van der Waals surface area contributed by atoms with Crippen molar-refractivity contribution in [2.75, 3.05) is 0 Å². The van der Waals surface area contributed by atoms with E-state index in [1.54, 1.807) is 0 Å². The largest absolute Gasteiger partial charge is 0.481 e. The van der Waals surface area contributed by atoms with Crippen molar-refractivity contribution in [3.8, 4) is 0 Å². The molecular formula is C12H22O2. The molecule has 0 aliphatic heterocycles. The maximum Gasteiger partial charge on any atom is 0.303 e. The molecule has 1 rings (SSSR count). The van der Waals surface area contributed by atoms with E-state index in [0.717, 1.165) is 6.42 Å². The van der Waals surface area contributed by atoms with Crippen LogP contribution in [0.2, 0.25) is 0 Å². The van der Waals surface area contributed by atoms with Gasteiger partial charge in [-0.15, -0.1) is 0 Å². The van der Waals surface area contributed by atoms with Gasteiger partial charge in [0.15, 0.2) is 0 Å². The number of aliphatic carboxylic acids is 1. The molecule has 1 saturated carbocycles. The lowest BCUT2D eigenvalue weighted by Crippen LogP contribution is -2.04. The van der Waals surface area contributed by atoms with Crippen LogP contribution < -0.4 is 0 Å². The lowest BCUT2D eigenvalue weighted by Gasteiger charge is -2.13. The summed E-state index contributed by atoms with van der Waals surface area (Å²) in [5, 5.41) is 8.63. The van der Waals surface area contributed by atoms with Gasteiger partial charge in [-0.3, -0.25) is 4.79 Å². The molecule has 1 fully saturated rings. The van der Waals surface area contributed by atoms with Gasteiger partial charge in [-0.25, -0.2) is 0 Å². The van der Waals surface area contributed by atoms with Crippen LogP contribution in [0.15, 0.2) is 0 Å². The number of carbonyl (C=O) groups is 1. The Balaban J connectivity index is 2.21. The van der Waals surface area contributed by atoms with Crippen molar-refractivity contribution in [1.29, 1.82) is 0 Å². The van der Waals surface area contributed by atoms with Crippen molar-refractivity contribution >= 4 is 5.97 Å². The monoisotopic (exact) mass is 198 g/mol. The summed E-state index contributed by atoms with van der Waals surface area (Å²) >= 11 is 0. The van der Waals surface area contributed by atoms with Crippen LogP contribution in [-0.2, 0) is 4.79 Å². The Bertz CT molecular complexity index is 156. The van der Waals surface area contributed by atoms with E-state index in [9.17, 15) is 4.79 Å². The molecule has 1 aliphatic rings. The number of carboxylic acids is 1. The van der Waals surface area contributed by atoms with Gasteiger partial charge in [0.2, 0.25) is 0 Å². The molecule has 0 atom stereocenters. The highest BCUT2D eigenvalue weighted by Gasteiger charge is 2.11. The first-order valence-electron chi connectivity index (χ1n) is 6.01. The molecular weight excluding hydrogens is 176 g/mol. The normalized spacial score (nSPS) is 20.9. The average molecular weight is 198 g/mol. The van der Waals surface area contributed by atoms with Gasteiger partial charge in [0.05, 0.1) is 0 Å². The average Bonchev–Trinajstić information content (AvgIpc) is 2.27. The van der Waals surface area contributed by atoms with Crippen LogP contribution in [0.1, 0.15) is 64.2 Å². The lowest BCUT2D eigenvalue weighted by atomic mass is 9.92. The van der Waals surface area contributed by atoms with E-state index in [1.165, 1.54) is 51.4 Å². The van der Waals surface area contributed by atoms with Gasteiger partial charge in [-0.1, -0.05) is 51.4 Å². The van der Waals surface area contributed by atoms with Crippen LogP contribution >= 0.6 is 0 Å². The minimum absolute atomic E-state index is 0.366. The summed E-state index contributed by atoms with van der Waals surface area (Å²) in [6.07, 6.45) is 11.9. The van der Waals surface area contributed by atoms with Gasteiger partial charge in [-0.05, 0) is 12.3 Å². The molecule has 0 unspecified atom stereocenters. The van der Waals surface area contributed by atoms with Crippen LogP contribution in [-0.4, -0.2) is 11.1 Å². The highest BCUT2D eigenvalue weighted by Crippen LogP contribution is 2.25. The van der Waals surface area contributed by atoms with E-state index < -0.39 is 5.97 Å². The third kappa shape index (κ3) is 5.25. The Kier molecular flexibility index (Phi) is 5.65. The molecule has 0 aromatic heterocycles. The summed E-state index contributed by atoms with van der Waals surface area (Å²) in [5.74, 6) is 0.0501. The Hall–Kier alpha value is -0.530. The standard InChI is InChI=1S/C12H22O2/c13-12(14)10-9-11-7-5-3-1-2-4-6-8-11/h11H,1-10H2,(H,13,14). The van der Waals surface area contributed by atoms with E-state index in [2.05, 4.69) is 0 Å². The summed E-state index contributed by atoms with van der Waals surface area (Å²) in [4.78, 5) is 10.5. The van der Waals surface area contributed by atoms with Crippen molar-refractivity contribution in [3.63, 3.8) is 0 Å². The first-order chi connectivity index (χ1) is 6.79. The molecule has 1 N–H and O–H groups in total. The molecule has 2 nitrogen and oxygen atoms in total. The molecule has 0 amide bonds. The van der Waals surface area contributed by atoms with Gasteiger partial charge in [0.25, 0.3) is 0 Å². The van der Waals surface area contributed by atoms with Crippen molar-refractivity contribution in [1.82, 2.24) is 0 Å². The van der Waals surface area contributed by atoms with Crippen LogP contribution in [0.5, 0.6) is 0 Å². The molecule has 14 heavy (non-hydrogen) atoms. The highest BCUT2D eigenvalue weighted by molar-refractivity contribution is 5.66. The third-order valence-corrected chi connectivity index (χ3v) is 3.24. The predicted octanol–water partition coefficient (Wildman–Crippen LogP) is 3.60. The van der Waals surface area contributed by atoms with Crippen LogP contribution in [0, 0.1) is 5.92 Å². The Labute approximate surface area is 86.7 Å². The predicted molar refractivity (Wildman–Crippen MR) is 57.3 cm³/mol. The van der Waals surface area contributed by atoms with Crippen molar-refractivity contribution < 1.29 is 9.90 Å². The molecule has 0 saturated heterocycles. The quantitative estimate of drug-likeness (QED) is 0.752. The van der Waals surface area contributed by atoms with Crippen molar-refractivity contribution in [2.45, 2.75) is 64.2 Å². The Morgan fingerprint density at radius 3 is 2.00 bits per heavy atom. The summed E-state index contributed by atoms with van der Waals surface area (Å²) < 4.78 is 0. The number of hydrogen-bond donors (Lipinski definition) is 1. The molecule has 1 aliphatic carbocycles. The van der Waals surface area contributed by atoms with Gasteiger partial charge in [-0.2, -0.15) is 0 Å². The maximum atomic E-state index is 10.5. The molecule has 82 valence electrons. The summed E-state index contributed by atoms with van der Waals surface area (Å²) in [6.45, 7) is 0. The summed E-state index contributed by atoms with van der Waals surface area (Å²) in [5.41, 5.74) is 0. The van der Waals surface area contributed by atoms with Gasteiger partial charge in [0, 0.05) is 6.42 Å². The number of carboxylic acid groups (broad SMARTS) is 1. The number of hydrogen-bond acceptors (Lipinski definition) is 1. The summed E-state index contributed by atoms with van der Waals surface area (Å²) in [6, 6.07) is 0. The van der Waals surface area contributed by atoms with Crippen LogP contribution in [0.25, 0.3) is 0 Å². The second-order valence-corrected chi connectivity index (χ2v) is 4.50. The van der Waals surface area contributed by atoms with E-state index >= 15 is 0 Å². The fourth-order valence-corrected chi connectivity index (χ4v) is 2.33. The molecule has 0 spiro atoms. The van der Waals surface area contributed by atoms with Crippen LogP contribution in [0.4, 0.5) is 0 Å². The molecule has 0 aromatic carbocycles. The topological polar surface area (TPSA) is 37.3 Å². The minimum Gasteiger partial charge on any atom is -0.481 e. The zero-order chi connectivity index (χ0) is 10.2. The maximum absolute atomic E-state index is 10.5. The number of rotatable bonds is 3. The Morgan fingerprint density at radius 2 is 1.50 bits per heavy atom. The molecule has 0 heterocycles. The third-order valence-electron chi connectivity index (χ3n) is 3.24.